The zero-order chi connectivity index (χ0) is 27.3. The summed E-state index contributed by atoms with van der Waals surface area (Å²) in [6.07, 6.45) is 2.35. The summed E-state index contributed by atoms with van der Waals surface area (Å²) in [6.45, 7) is 17.5. The Kier molecular flexibility index (Phi) is 7.74. The summed E-state index contributed by atoms with van der Waals surface area (Å²) in [6, 6.07) is 8.58. The van der Waals surface area contributed by atoms with Crippen LogP contribution in [0.2, 0.25) is 0 Å². The lowest BCUT2D eigenvalue weighted by atomic mass is 9.78. The molecular formula is C29H40BBrN2O4. The van der Waals surface area contributed by atoms with Crippen LogP contribution in [0.3, 0.4) is 0 Å². The predicted octanol–water partition coefficient (Wildman–Crippen LogP) is 6.05. The van der Waals surface area contributed by atoms with Gasteiger partial charge >= 0.3 is 7.12 Å². The Morgan fingerprint density at radius 2 is 1.81 bits per heavy atom. The van der Waals surface area contributed by atoms with E-state index in [9.17, 15) is 5.11 Å². The number of aliphatic hydroxyl groups excluding tert-OH is 1. The molecule has 0 bridgehead atoms. The molecule has 4 rings (SSSR count). The first-order chi connectivity index (χ1) is 17.2. The number of aliphatic hydroxyl groups is 1. The van der Waals surface area contributed by atoms with Crippen molar-refractivity contribution in [1.82, 2.24) is 9.55 Å². The molecule has 1 N–H and O–H groups in total. The van der Waals surface area contributed by atoms with Crippen molar-refractivity contribution in [2.75, 3.05) is 13.7 Å². The molecule has 3 aromatic rings. The molecular weight excluding hydrogens is 531 g/mol. The zero-order valence-corrected chi connectivity index (χ0v) is 25.2. The lowest BCUT2D eigenvalue weighted by Crippen LogP contribution is -2.41. The molecule has 1 aliphatic rings. The van der Waals surface area contributed by atoms with Crippen LogP contribution in [-0.4, -0.2) is 46.7 Å². The van der Waals surface area contributed by atoms with Crippen LogP contribution in [0.25, 0.3) is 22.2 Å². The zero-order valence-electron chi connectivity index (χ0n) is 23.6. The molecule has 0 saturated carbocycles. The summed E-state index contributed by atoms with van der Waals surface area (Å²) in [4.78, 5) is 4.93. The highest BCUT2D eigenvalue weighted by Crippen LogP contribution is 2.42. The van der Waals surface area contributed by atoms with E-state index in [2.05, 4.69) is 93.2 Å². The molecule has 1 unspecified atom stereocenters. The monoisotopic (exact) mass is 570 g/mol. The van der Waals surface area contributed by atoms with Crippen molar-refractivity contribution in [3.8, 4) is 11.3 Å². The highest BCUT2D eigenvalue weighted by molar-refractivity contribution is 9.10. The van der Waals surface area contributed by atoms with Crippen molar-refractivity contribution in [2.24, 2.45) is 5.41 Å². The van der Waals surface area contributed by atoms with Gasteiger partial charge in [-0.1, -0.05) is 29.8 Å². The first kappa shape index (κ1) is 28.3. The number of hydrogen-bond donors (Lipinski definition) is 1. The highest BCUT2D eigenvalue weighted by atomic mass is 79.9. The van der Waals surface area contributed by atoms with Gasteiger partial charge in [0.05, 0.1) is 28.7 Å². The van der Waals surface area contributed by atoms with Gasteiger partial charge in [0, 0.05) is 52.9 Å². The second-order valence-corrected chi connectivity index (χ2v) is 12.8. The van der Waals surface area contributed by atoms with Crippen molar-refractivity contribution < 1.29 is 19.2 Å². The molecule has 6 nitrogen and oxygen atoms in total. The fraction of sp³-hybridized carbons (Fsp3) is 0.552. The Morgan fingerprint density at radius 3 is 2.38 bits per heavy atom. The second-order valence-electron chi connectivity index (χ2n) is 11.9. The third kappa shape index (κ3) is 5.16. The molecule has 0 radical (unpaired) electrons. The van der Waals surface area contributed by atoms with Crippen molar-refractivity contribution in [3.05, 3.63) is 46.2 Å². The van der Waals surface area contributed by atoms with Crippen molar-refractivity contribution in [3.63, 3.8) is 0 Å². The highest BCUT2D eigenvalue weighted by Gasteiger charge is 2.52. The molecule has 0 spiro atoms. The number of hydrogen-bond acceptors (Lipinski definition) is 5. The Bertz CT molecular complexity index is 1280. The minimum absolute atomic E-state index is 0.0901. The van der Waals surface area contributed by atoms with Gasteiger partial charge in [0.25, 0.3) is 0 Å². The number of benzene rings is 1. The molecule has 1 atom stereocenters. The van der Waals surface area contributed by atoms with E-state index in [4.69, 9.17) is 19.0 Å². The molecule has 3 heterocycles. The third-order valence-corrected chi connectivity index (χ3v) is 8.48. The van der Waals surface area contributed by atoms with Crippen molar-refractivity contribution in [2.45, 2.75) is 85.7 Å². The van der Waals surface area contributed by atoms with E-state index in [-0.39, 0.29) is 18.1 Å². The SMILES string of the molecule is CCn1c(-c2cc(B3OC(C)(C)C(C)(C)O3)cnc2C(C)OC)c(CC(C)(C)CO)c2cc(Br)ccc21. The molecule has 37 heavy (non-hydrogen) atoms. The number of ether oxygens (including phenoxy) is 1. The fourth-order valence-electron chi connectivity index (χ4n) is 4.97. The van der Waals surface area contributed by atoms with Gasteiger partial charge in [0.2, 0.25) is 0 Å². The molecule has 1 fully saturated rings. The summed E-state index contributed by atoms with van der Waals surface area (Å²) in [5, 5.41) is 11.4. The summed E-state index contributed by atoms with van der Waals surface area (Å²) in [5.41, 5.74) is 4.99. The van der Waals surface area contributed by atoms with Gasteiger partial charge in [-0.25, -0.2) is 0 Å². The maximum Gasteiger partial charge on any atom is 0.496 e. The van der Waals surface area contributed by atoms with Gasteiger partial charge in [0.15, 0.2) is 0 Å². The normalized spacial score (nSPS) is 18.1. The van der Waals surface area contributed by atoms with Crippen LogP contribution < -0.4 is 5.46 Å². The van der Waals surface area contributed by atoms with E-state index in [0.717, 1.165) is 38.9 Å². The second kappa shape index (κ2) is 10.1. The summed E-state index contributed by atoms with van der Waals surface area (Å²) >= 11 is 3.68. The molecule has 8 heteroatoms. The molecule has 1 aliphatic heterocycles. The number of aromatic nitrogens is 2. The minimum Gasteiger partial charge on any atom is -0.399 e. The average molecular weight is 571 g/mol. The Balaban J connectivity index is 2.01. The van der Waals surface area contributed by atoms with E-state index < -0.39 is 18.3 Å². The number of rotatable bonds is 8. The predicted molar refractivity (Wildman–Crippen MR) is 154 cm³/mol. The summed E-state index contributed by atoms with van der Waals surface area (Å²) in [5.74, 6) is 0. The van der Waals surface area contributed by atoms with Gasteiger partial charge < -0.3 is 23.7 Å². The van der Waals surface area contributed by atoms with Crippen LogP contribution in [0.4, 0.5) is 0 Å². The first-order valence-electron chi connectivity index (χ1n) is 13.1. The number of methoxy groups -OCH3 is 1. The van der Waals surface area contributed by atoms with Gasteiger partial charge in [-0.2, -0.15) is 0 Å². The minimum atomic E-state index is -0.519. The average Bonchev–Trinajstić information content (AvgIpc) is 3.25. The lowest BCUT2D eigenvalue weighted by molar-refractivity contribution is 0.00578. The third-order valence-electron chi connectivity index (χ3n) is 7.99. The number of nitrogens with zero attached hydrogens (tertiary/aromatic N) is 2. The lowest BCUT2D eigenvalue weighted by Gasteiger charge is -2.32. The molecule has 0 amide bonds. The van der Waals surface area contributed by atoms with Crippen LogP contribution in [0.15, 0.2) is 34.9 Å². The molecule has 200 valence electrons. The number of halogens is 1. The molecule has 1 saturated heterocycles. The quantitative estimate of drug-likeness (QED) is 0.334. The maximum absolute atomic E-state index is 10.2. The summed E-state index contributed by atoms with van der Waals surface area (Å²) in [7, 11) is 1.19. The number of pyridine rings is 1. The van der Waals surface area contributed by atoms with E-state index in [1.165, 1.54) is 10.9 Å². The standard InChI is InChI=1S/C29H40BBrN2O4/c1-10-33-24-12-11-20(31)14-21(24)23(15-27(3,4)17-34)26(33)22-13-19(16-32-25(22)18(2)35-9)30-36-28(5,6)29(7,8)37-30/h11-14,16,18,34H,10,15,17H2,1-9H3. The fourth-order valence-corrected chi connectivity index (χ4v) is 5.33. The molecule has 2 aromatic heterocycles. The van der Waals surface area contributed by atoms with Crippen LogP contribution in [0, 0.1) is 5.41 Å². The van der Waals surface area contributed by atoms with E-state index in [0.29, 0.717) is 6.42 Å². The molecule has 1 aromatic carbocycles. The Hall–Kier alpha value is -1.71. The largest absolute Gasteiger partial charge is 0.496 e. The Labute approximate surface area is 230 Å². The van der Waals surface area contributed by atoms with Crippen LogP contribution in [0.1, 0.15) is 72.8 Å². The van der Waals surface area contributed by atoms with Crippen LogP contribution in [0.5, 0.6) is 0 Å². The van der Waals surface area contributed by atoms with Gasteiger partial charge in [-0.15, -0.1) is 0 Å². The van der Waals surface area contributed by atoms with Gasteiger partial charge in [-0.05, 0) is 83.2 Å². The number of aryl methyl sites for hydroxylation is 1. The smallest absolute Gasteiger partial charge is 0.399 e. The maximum atomic E-state index is 10.2. The van der Waals surface area contributed by atoms with E-state index in [1.54, 1.807) is 7.11 Å². The topological polar surface area (TPSA) is 65.7 Å². The molecule has 0 aliphatic carbocycles. The van der Waals surface area contributed by atoms with Crippen LogP contribution in [-0.2, 0) is 27.0 Å². The Morgan fingerprint density at radius 1 is 1.16 bits per heavy atom. The number of fused-ring (bicyclic) bond motifs is 1. The van der Waals surface area contributed by atoms with Crippen molar-refractivity contribution >= 4 is 39.4 Å². The first-order valence-corrected chi connectivity index (χ1v) is 13.8. The van der Waals surface area contributed by atoms with Gasteiger partial charge in [0.1, 0.15) is 0 Å². The van der Waals surface area contributed by atoms with Crippen LogP contribution >= 0.6 is 15.9 Å². The van der Waals surface area contributed by atoms with Gasteiger partial charge in [-0.3, -0.25) is 4.98 Å². The van der Waals surface area contributed by atoms with E-state index in [1.807, 2.05) is 13.1 Å². The summed E-state index contributed by atoms with van der Waals surface area (Å²) < 4.78 is 21.9. The van der Waals surface area contributed by atoms with E-state index >= 15 is 0 Å². The van der Waals surface area contributed by atoms with Crippen molar-refractivity contribution in [1.29, 1.82) is 0 Å².